The fraction of sp³-hybridized carbons (Fsp3) is 0.458. The third-order valence-corrected chi connectivity index (χ3v) is 6.83. The fourth-order valence-corrected chi connectivity index (χ4v) is 5.51. The zero-order valence-corrected chi connectivity index (χ0v) is 18.2. The van der Waals surface area contributed by atoms with Crippen molar-refractivity contribution < 1.29 is 9.84 Å². The molecule has 7 heteroatoms. The van der Waals surface area contributed by atoms with E-state index in [-0.39, 0.29) is 28.4 Å². The van der Waals surface area contributed by atoms with Crippen molar-refractivity contribution in [3.63, 3.8) is 0 Å². The summed E-state index contributed by atoms with van der Waals surface area (Å²) in [6.07, 6.45) is 7.24. The van der Waals surface area contributed by atoms with Crippen LogP contribution in [0.3, 0.4) is 0 Å². The Kier molecular flexibility index (Phi) is 4.55. The number of pyridine rings is 1. The number of nitrogens with one attached hydrogen (secondary N) is 1. The number of nitrogens with zero attached hydrogens (tertiary/aromatic N) is 3. The Morgan fingerprint density at radius 3 is 2.55 bits per heavy atom. The van der Waals surface area contributed by atoms with E-state index in [9.17, 15) is 9.90 Å². The summed E-state index contributed by atoms with van der Waals surface area (Å²) in [7, 11) is 1.84. The number of fused-ring (bicyclic) bond motifs is 3. The maximum absolute atomic E-state index is 12.3. The SMILES string of the molecule is Cn1ccc(=O)c2cc(-c3ccc(O[C@H]4C[C@]5(C)CCC[C@](C)(C4)N5)nn3)c(O)cc21. The molecule has 7 nitrogen and oxygen atoms in total. The Morgan fingerprint density at radius 1 is 1.13 bits per heavy atom. The molecular formula is C24H28N4O3. The summed E-state index contributed by atoms with van der Waals surface area (Å²) in [5.41, 5.74) is 1.75. The van der Waals surface area contributed by atoms with E-state index >= 15 is 0 Å². The highest BCUT2D eigenvalue weighted by Gasteiger charge is 2.46. The first kappa shape index (κ1) is 20.0. The highest BCUT2D eigenvalue weighted by Crippen LogP contribution is 2.41. The van der Waals surface area contributed by atoms with Gasteiger partial charge in [-0.15, -0.1) is 10.2 Å². The lowest BCUT2D eigenvalue weighted by Gasteiger charge is -2.53. The van der Waals surface area contributed by atoms with Gasteiger partial charge in [-0.25, -0.2) is 0 Å². The number of piperidine rings is 2. The van der Waals surface area contributed by atoms with Gasteiger partial charge in [0.2, 0.25) is 5.88 Å². The molecule has 2 N–H and O–H groups in total. The fourth-order valence-electron chi connectivity index (χ4n) is 5.51. The van der Waals surface area contributed by atoms with E-state index < -0.39 is 0 Å². The van der Waals surface area contributed by atoms with Crippen molar-refractivity contribution in [2.75, 3.05) is 0 Å². The van der Waals surface area contributed by atoms with E-state index in [2.05, 4.69) is 29.4 Å². The standard InChI is InChI=1S/C24H28N4O3/c1-23-8-4-9-24(2,27-23)14-15(13-23)31-22-6-5-18(25-26-22)16-11-17-19(12-21(16)30)28(3)10-7-20(17)29/h5-7,10-12,15,27,30H,4,8-9,13-14H2,1-3H3/t15-,23-,24+. The van der Waals surface area contributed by atoms with Crippen LogP contribution < -0.4 is 15.5 Å². The lowest BCUT2D eigenvalue weighted by molar-refractivity contribution is 0.00726. The quantitative estimate of drug-likeness (QED) is 0.674. The van der Waals surface area contributed by atoms with Crippen LogP contribution in [0.4, 0.5) is 0 Å². The maximum Gasteiger partial charge on any atom is 0.233 e. The number of phenolic OH excluding ortho intramolecular Hbond substituents is 1. The van der Waals surface area contributed by atoms with Gasteiger partial charge in [0.15, 0.2) is 5.43 Å². The smallest absolute Gasteiger partial charge is 0.233 e. The number of aromatic nitrogens is 3. The van der Waals surface area contributed by atoms with Crippen molar-refractivity contribution in [3.05, 3.63) is 46.8 Å². The molecule has 2 aliphatic heterocycles. The largest absolute Gasteiger partial charge is 0.507 e. The Morgan fingerprint density at radius 2 is 1.87 bits per heavy atom. The van der Waals surface area contributed by atoms with Gasteiger partial charge in [-0.1, -0.05) is 0 Å². The first-order chi connectivity index (χ1) is 14.7. The molecule has 2 aromatic heterocycles. The Balaban J connectivity index is 1.40. The molecule has 0 saturated carbocycles. The third-order valence-electron chi connectivity index (χ3n) is 6.83. The van der Waals surface area contributed by atoms with Crippen molar-refractivity contribution in [3.8, 4) is 22.9 Å². The molecule has 0 unspecified atom stereocenters. The average Bonchev–Trinajstić information content (AvgIpc) is 2.70. The topological polar surface area (TPSA) is 89.3 Å². The van der Waals surface area contributed by atoms with E-state index in [0.29, 0.717) is 28.0 Å². The monoisotopic (exact) mass is 420 g/mol. The van der Waals surface area contributed by atoms with E-state index in [1.807, 2.05) is 7.05 Å². The first-order valence-electron chi connectivity index (χ1n) is 10.9. The summed E-state index contributed by atoms with van der Waals surface area (Å²) in [4.78, 5) is 12.3. The van der Waals surface area contributed by atoms with Gasteiger partial charge in [-0.05, 0) is 45.2 Å². The lowest BCUT2D eigenvalue weighted by atomic mass is 9.70. The summed E-state index contributed by atoms with van der Waals surface area (Å²) < 4.78 is 8.02. The van der Waals surface area contributed by atoms with Crippen molar-refractivity contribution in [1.82, 2.24) is 20.1 Å². The normalized spacial score (nSPS) is 27.9. The van der Waals surface area contributed by atoms with Gasteiger partial charge < -0.3 is 19.7 Å². The third kappa shape index (κ3) is 3.67. The van der Waals surface area contributed by atoms with Gasteiger partial charge in [-0.3, -0.25) is 4.79 Å². The number of aryl methyl sites for hydroxylation is 1. The molecule has 5 rings (SSSR count). The van der Waals surface area contributed by atoms with Gasteiger partial charge in [0, 0.05) is 66.3 Å². The van der Waals surface area contributed by atoms with Crippen molar-refractivity contribution in [1.29, 1.82) is 0 Å². The Hall–Kier alpha value is -2.93. The van der Waals surface area contributed by atoms with Crippen LogP contribution in [-0.2, 0) is 7.05 Å². The molecule has 0 spiro atoms. The summed E-state index contributed by atoms with van der Waals surface area (Å²) in [6.45, 7) is 4.56. The van der Waals surface area contributed by atoms with Crippen LogP contribution in [0.15, 0.2) is 41.3 Å². The Labute approximate surface area is 181 Å². The minimum absolute atomic E-state index is 0.0590. The number of phenols is 1. The minimum atomic E-state index is -0.0966. The molecule has 0 radical (unpaired) electrons. The molecule has 3 aromatic rings. The summed E-state index contributed by atoms with van der Waals surface area (Å²) >= 11 is 0. The molecule has 1 aromatic carbocycles. The number of hydrogen-bond donors (Lipinski definition) is 2. The van der Waals surface area contributed by atoms with Crippen LogP contribution in [-0.4, -0.2) is 37.1 Å². The highest BCUT2D eigenvalue weighted by atomic mass is 16.5. The summed E-state index contributed by atoms with van der Waals surface area (Å²) in [6, 6.07) is 8.35. The molecule has 162 valence electrons. The average molecular weight is 421 g/mol. The number of aromatic hydroxyl groups is 1. The molecule has 2 bridgehead atoms. The van der Waals surface area contributed by atoms with Crippen LogP contribution in [0.5, 0.6) is 11.6 Å². The number of ether oxygens (including phenoxy) is 1. The van der Waals surface area contributed by atoms with Crippen molar-refractivity contribution >= 4 is 10.9 Å². The minimum Gasteiger partial charge on any atom is -0.507 e. The zero-order chi connectivity index (χ0) is 21.8. The lowest BCUT2D eigenvalue weighted by Crippen LogP contribution is -2.65. The van der Waals surface area contributed by atoms with Crippen molar-refractivity contribution in [2.45, 2.75) is 63.1 Å². The second-order valence-corrected chi connectivity index (χ2v) is 9.68. The van der Waals surface area contributed by atoms with Crippen molar-refractivity contribution in [2.24, 2.45) is 7.05 Å². The number of rotatable bonds is 3. The van der Waals surface area contributed by atoms with E-state index in [4.69, 9.17) is 4.74 Å². The van der Waals surface area contributed by atoms with Gasteiger partial charge in [0.25, 0.3) is 0 Å². The van der Waals surface area contributed by atoms with Crippen LogP contribution >= 0.6 is 0 Å². The van der Waals surface area contributed by atoms with Crippen LogP contribution in [0.2, 0.25) is 0 Å². The van der Waals surface area contributed by atoms with Crippen LogP contribution in [0, 0.1) is 0 Å². The molecule has 4 heterocycles. The molecule has 2 fully saturated rings. The molecule has 0 aliphatic carbocycles. The Bertz CT molecular complexity index is 1190. The molecular weight excluding hydrogens is 392 g/mol. The van der Waals surface area contributed by atoms with Crippen LogP contribution in [0.25, 0.3) is 22.2 Å². The second-order valence-electron chi connectivity index (χ2n) is 9.68. The zero-order valence-electron chi connectivity index (χ0n) is 18.2. The van der Waals surface area contributed by atoms with Gasteiger partial charge in [-0.2, -0.15) is 0 Å². The summed E-state index contributed by atoms with van der Waals surface area (Å²) in [5.74, 6) is 0.542. The molecule has 31 heavy (non-hydrogen) atoms. The van der Waals surface area contributed by atoms with Crippen LogP contribution in [0.1, 0.15) is 46.0 Å². The predicted octanol–water partition coefficient (Wildman–Crippen LogP) is 3.53. The molecule has 2 saturated heterocycles. The maximum atomic E-state index is 12.3. The van der Waals surface area contributed by atoms with E-state index in [0.717, 1.165) is 25.7 Å². The number of benzene rings is 1. The predicted molar refractivity (Wildman–Crippen MR) is 119 cm³/mol. The molecule has 0 amide bonds. The highest BCUT2D eigenvalue weighted by molar-refractivity contribution is 5.87. The summed E-state index contributed by atoms with van der Waals surface area (Å²) in [5, 5.41) is 23.4. The first-order valence-corrected chi connectivity index (χ1v) is 10.9. The molecule has 3 atom stereocenters. The molecule has 2 aliphatic rings. The second kappa shape index (κ2) is 7.05. The van der Waals surface area contributed by atoms with E-state index in [1.165, 1.54) is 12.5 Å². The van der Waals surface area contributed by atoms with Gasteiger partial charge >= 0.3 is 0 Å². The van der Waals surface area contributed by atoms with Gasteiger partial charge in [0.1, 0.15) is 11.9 Å². The number of hydrogen-bond acceptors (Lipinski definition) is 6. The van der Waals surface area contributed by atoms with E-state index in [1.54, 1.807) is 35.0 Å². The van der Waals surface area contributed by atoms with Gasteiger partial charge in [0.05, 0.1) is 11.2 Å².